The minimum Gasteiger partial charge on any atom is -0.497 e. The van der Waals surface area contributed by atoms with Gasteiger partial charge in [-0.3, -0.25) is 13.9 Å². The number of halogens is 1. The topological polar surface area (TPSA) is 114 Å². The molecule has 1 heterocycles. The minimum absolute atomic E-state index is 0.0218. The fourth-order valence-electron chi connectivity index (χ4n) is 5.26. The second kappa shape index (κ2) is 15.0. The molecule has 0 bridgehead atoms. The van der Waals surface area contributed by atoms with Crippen molar-refractivity contribution >= 4 is 27.5 Å². The van der Waals surface area contributed by atoms with E-state index in [0.29, 0.717) is 30.2 Å². The highest BCUT2D eigenvalue weighted by molar-refractivity contribution is 7.92. The van der Waals surface area contributed by atoms with E-state index < -0.39 is 40.2 Å². The lowest BCUT2D eigenvalue weighted by Crippen LogP contribution is -2.53. The predicted octanol–water partition coefficient (Wildman–Crippen LogP) is 4.58. The lowest BCUT2D eigenvalue weighted by Gasteiger charge is -2.34. The molecule has 0 radical (unpaired) electrons. The molecule has 0 saturated heterocycles. The predicted molar refractivity (Wildman–Crippen MR) is 175 cm³/mol. The Labute approximate surface area is 273 Å². The molecule has 12 heteroatoms. The first kappa shape index (κ1) is 33.3. The van der Waals surface area contributed by atoms with E-state index in [9.17, 15) is 22.4 Å². The Kier molecular flexibility index (Phi) is 10.6. The number of methoxy groups -OCH3 is 1. The van der Waals surface area contributed by atoms with Gasteiger partial charge in [0.15, 0.2) is 11.5 Å². The summed E-state index contributed by atoms with van der Waals surface area (Å²) in [6.45, 7) is 1.98. The maximum Gasteiger partial charge on any atom is 0.264 e. The first-order valence-corrected chi connectivity index (χ1v) is 16.6. The molecule has 0 fully saturated rings. The van der Waals surface area contributed by atoms with Gasteiger partial charge in [0.25, 0.3) is 10.0 Å². The molecular weight excluding hydrogens is 625 g/mol. The highest BCUT2D eigenvalue weighted by Crippen LogP contribution is 2.34. The normalized spacial score (nSPS) is 12.9. The van der Waals surface area contributed by atoms with Crippen molar-refractivity contribution in [2.24, 2.45) is 0 Å². The highest BCUT2D eigenvalue weighted by Gasteiger charge is 2.35. The Morgan fingerprint density at radius 1 is 0.894 bits per heavy atom. The van der Waals surface area contributed by atoms with Gasteiger partial charge >= 0.3 is 0 Å². The number of ether oxygens (including phenoxy) is 3. The van der Waals surface area contributed by atoms with E-state index in [-0.39, 0.29) is 35.9 Å². The number of carbonyl (C=O) groups is 2. The van der Waals surface area contributed by atoms with Gasteiger partial charge in [0.1, 0.15) is 37.4 Å². The highest BCUT2D eigenvalue weighted by atomic mass is 32.2. The fourth-order valence-corrected chi connectivity index (χ4v) is 6.69. The van der Waals surface area contributed by atoms with Crippen LogP contribution in [0.1, 0.15) is 18.1 Å². The lowest BCUT2D eigenvalue weighted by atomic mass is 10.0. The third-order valence-electron chi connectivity index (χ3n) is 7.60. The number of rotatable bonds is 13. The molecule has 0 saturated carbocycles. The minimum atomic E-state index is -4.42. The summed E-state index contributed by atoms with van der Waals surface area (Å²) in [4.78, 5) is 29.3. The number of amides is 2. The van der Waals surface area contributed by atoms with Crippen molar-refractivity contribution in [3.05, 3.63) is 114 Å². The van der Waals surface area contributed by atoms with Gasteiger partial charge < -0.3 is 24.4 Å². The summed E-state index contributed by atoms with van der Waals surface area (Å²) < 4.78 is 60.0. The van der Waals surface area contributed by atoms with Gasteiger partial charge in [0.05, 0.1) is 17.7 Å². The number of nitrogens with one attached hydrogen (secondary N) is 1. The molecule has 1 unspecified atom stereocenters. The molecule has 10 nitrogen and oxygen atoms in total. The van der Waals surface area contributed by atoms with Crippen LogP contribution < -0.4 is 23.8 Å². The van der Waals surface area contributed by atoms with Crippen molar-refractivity contribution in [1.29, 1.82) is 0 Å². The van der Waals surface area contributed by atoms with Crippen molar-refractivity contribution in [1.82, 2.24) is 10.2 Å². The number of benzene rings is 4. The molecule has 246 valence electrons. The van der Waals surface area contributed by atoms with Gasteiger partial charge in [-0.05, 0) is 66.6 Å². The third kappa shape index (κ3) is 8.01. The summed E-state index contributed by atoms with van der Waals surface area (Å²) >= 11 is 0. The number of fused-ring (bicyclic) bond motifs is 1. The molecule has 0 spiro atoms. The molecule has 47 heavy (non-hydrogen) atoms. The molecular formula is C35H36FN3O7S. The van der Waals surface area contributed by atoms with E-state index in [1.54, 1.807) is 31.2 Å². The standard InChI is InChI=1S/C35H36FN3O7S/c1-3-37-35(41)31(21-25-8-5-4-6-9-25)38(23-26-10-7-11-29(20-26)44-2)34(40)24-39(28-14-12-27(36)13-15-28)47(42,43)30-16-17-32-33(22-30)46-19-18-45-32/h4-17,20,22,31H,3,18-19,21,23-24H2,1-2H3,(H,37,41). The average Bonchev–Trinajstić information content (AvgIpc) is 3.09. The van der Waals surface area contributed by atoms with Crippen molar-refractivity contribution in [2.75, 3.05) is 37.7 Å². The van der Waals surface area contributed by atoms with Crippen LogP contribution in [-0.4, -0.2) is 64.6 Å². The lowest BCUT2D eigenvalue weighted by molar-refractivity contribution is -0.140. The summed E-state index contributed by atoms with van der Waals surface area (Å²) in [5, 5.41) is 2.83. The first-order chi connectivity index (χ1) is 22.7. The number of hydrogen-bond donors (Lipinski definition) is 1. The largest absolute Gasteiger partial charge is 0.497 e. The average molecular weight is 662 g/mol. The summed E-state index contributed by atoms with van der Waals surface area (Å²) in [5.74, 6) is -0.408. The van der Waals surface area contributed by atoms with Crippen molar-refractivity contribution in [3.8, 4) is 17.2 Å². The van der Waals surface area contributed by atoms with E-state index in [2.05, 4.69) is 5.32 Å². The SMILES string of the molecule is CCNC(=O)C(Cc1ccccc1)N(Cc1cccc(OC)c1)C(=O)CN(c1ccc(F)cc1)S(=O)(=O)c1ccc2c(c1)OCCO2. The summed E-state index contributed by atoms with van der Waals surface area (Å²) in [7, 11) is -2.89. The Balaban J connectivity index is 1.57. The molecule has 1 atom stereocenters. The first-order valence-electron chi connectivity index (χ1n) is 15.1. The number of likely N-dealkylation sites (N-methyl/N-ethyl adjacent to an activating group) is 1. The number of hydrogen-bond acceptors (Lipinski definition) is 7. The summed E-state index contributed by atoms with van der Waals surface area (Å²) in [6.07, 6.45) is 0.174. The number of anilines is 1. The number of nitrogens with zero attached hydrogens (tertiary/aromatic N) is 2. The van der Waals surface area contributed by atoms with Gasteiger partial charge in [-0.1, -0.05) is 42.5 Å². The molecule has 4 aromatic carbocycles. The number of sulfonamides is 1. The molecule has 1 N–H and O–H groups in total. The van der Waals surface area contributed by atoms with Gasteiger partial charge in [0.2, 0.25) is 11.8 Å². The van der Waals surface area contributed by atoms with Crippen molar-refractivity contribution in [2.45, 2.75) is 30.8 Å². The van der Waals surface area contributed by atoms with Crippen LogP contribution in [0.15, 0.2) is 102 Å². The van der Waals surface area contributed by atoms with Gasteiger partial charge in [-0.15, -0.1) is 0 Å². The molecule has 1 aliphatic rings. The van der Waals surface area contributed by atoms with Gasteiger partial charge in [-0.2, -0.15) is 0 Å². The molecule has 0 aromatic heterocycles. The van der Waals surface area contributed by atoms with Crippen LogP contribution in [0.2, 0.25) is 0 Å². The van der Waals surface area contributed by atoms with Crippen molar-refractivity contribution < 1.29 is 36.6 Å². The molecule has 5 rings (SSSR count). The van der Waals surface area contributed by atoms with Gasteiger partial charge in [-0.25, -0.2) is 12.8 Å². The van der Waals surface area contributed by atoms with Crippen LogP contribution in [0, 0.1) is 5.82 Å². The monoisotopic (exact) mass is 661 g/mol. The van der Waals surface area contributed by atoms with Crippen LogP contribution in [0.4, 0.5) is 10.1 Å². The van der Waals surface area contributed by atoms with Crippen molar-refractivity contribution in [3.63, 3.8) is 0 Å². The Morgan fingerprint density at radius 3 is 2.30 bits per heavy atom. The molecule has 1 aliphatic heterocycles. The van der Waals surface area contributed by atoms with E-state index >= 15 is 0 Å². The van der Waals surface area contributed by atoms with E-state index in [0.717, 1.165) is 22.0 Å². The maximum absolute atomic E-state index is 14.5. The van der Waals surface area contributed by atoms with E-state index in [4.69, 9.17) is 14.2 Å². The molecule has 2 amide bonds. The zero-order valence-corrected chi connectivity index (χ0v) is 26.9. The van der Waals surface area contributed by atoms with Gasteiger partial charge in [0, 0.05) is 25.6 Å². The Morgan fingerprint density at radius 2 is 1.60 bits per heavy atom. The quantitative estimate of drug-likeness (QED) is 0.223. The smallest absolute Gasteiger partial charge is 0.264 e. The van der Waals surface area contributed by atoms with Crippen LogP contribution in [-0.2, 0) is 32.6 Å². The molecule has 4 aromatic rings. The second-order valence-corrected chi connectivity index (χ2v) is 12.6. The fraction of sp³-hybridized carbons (Fsp3) is 0.257. The number of carbonyl (C=O) groups excluding carboxylic acids is 2. The zero-order chi connectivity index (χ0) is 33.4. The Hall–Kier alpha value is -5.10. The van der Waals surface area contributed by atoms with E-state index in [1.807, 2.05) is 30.3 Å². The summed E-state index contributed by atoms with van der Waals surface area (Å²) in [6, 6.07) is 24.3. The third-order valence-corrected chi connectivity index (χ3v) is 9.37. The van der Waals surface area contributed by atoms with E-state index in [1.165, 1.54) is 42.3 Å². The molecule has 0 aliphatic carbocycles. The summed E-state index contributed by atoms with van der Waals surface area (Å²) in [5.41, 5.74) is 1.54. The van der Waals surface area contributed by atoms with Crippen LogP contribution >= 0.6 is 0 Å². The van der Waals surface area contributed by atoms with Crippen LogP contribution in [0.3, 0.4) is 0 Å². The maximum atomic E-state index is 14.5. The Bertz CT molecular complexity index is 1800. The zero-order valence-electron chi connectivity index (χ0n) is 26.1. The van der Waals surface area contributed by atoms with Crippen LogP contribution in [0.25, 0.3) is 0 Å². The second-order valence-electron chi connectivity index (χ2n) is 10.8. The van der Waals surface area contributed by atoms with Crippen LogP contribution in [0.5, 0.6) is 17.2 Å².